The van der Waals surface area contributed by atoms with Crippen LogP contribution in [-0.4, -0.2) is 17.6 Å². The molecule has 0 saturated carbocycles. The zero-order valence-electron chi connectivity index (χ0n) is 13.5. The summed E-state index contributed by atoms with van der Waals surface area (Å²) in [6.45, 7) is 2.62. The van der Waals surface area contributed by atoms with Gasteiger partial charge in [0.25, 0.3) is 5.56 Å². The number of alkyl halides is 3. The molecule has 2 rings (SSSR count). The van der Waals surface area contributed by atoms with E-state index in [0.717, 1.165) is 6.92 Å². The monoisotopic (exact) mass is 425 g/mol. The first kappa shape index (κ1) is 20.7. The second-order valence-electron chi connectivity index (χ2n) is 5.03. The number of esters is 1. The van der Waals surface area contributed by atoms with E-state index in [-0.39, 0.29) is 32.0 Å². The average Bonchev–Trinajstić information content (AvgIpc) is 2.52. The fourth-order valence-corrected chi connectivity index (χ4v) is 3.85. The highest BCUT2D eigenvalue weighted by atomic mass is 35.5. The average molecular weight is 426 g/mol. The summed E-state index contributed by atoms with van der Waals surface area (Å²) in [5, 5.41) is 0.344. The summed E-state index contributed by atoms with van der Waals surface area (Å²) in [7, 11) is 0. The molecule has 0 atom stereocenters. The van der Waals surface area contributed by atoms with Gasteiger partial charge in [-0.05, 0) is 31.5 Å². The summed E-state index contributed by atoms with van der Waals surface area (Å²) in [5.41, 5.74) is -3.31. The summed E-state index contributed by atoms with van der Waals surface area (Å²) in [6, 6.07) is 4.55. The fourth-order valence-electron chi connectivity index (χ4n) is 2.16. The first-order valence-electron chi connectivity index (χ1n) is 7.21. The van der Waals surface area contributed by atoms with E-state index in [0.29, 0.717) is 11.8 Å². The zero-order chi connectivity index (χ0) is 19.6. The highest BCUT2D eigenvalue weighted by Gasteiger charge is 2.37. The molecule has 0 unspecified atom stereocenters. The Balaban J connectivity index is 2.77. The van der Waals surface area contributed by atoms with Crippen molar-refractivity contribution in [3.8, 4) is 0 Å². The maximum Gasteiger partial charge on any atom is 0.431 e. The Bertz CT molecular complexity index is 893. The van der Waals surface area contributed by atoms with Crippen LogP contribution >= 0.6 is 35.0 Å². The van der Waals surface area contributed by atoms with Gasteiger partial charge in [0.05, 0.1) is 16.7 Å². The molecule has 0 aliphatic carbocycles. The molecule has 1 N–H and O–H groups in total. The van der Waals surface area contributed by atoms with Crippen molar-refractivity contribution in [3.63, 3.8) is 0 Å². The molecule has 0 aliphatic rings. The number of ether oxygens (including phenoxy) is 1. The van der Waals surface area contributed by atoms with E-state index in [1.54, 1.807) is 11.1 Å². The van der Waals surface area contributed by atoms with Crippen molar-refractivity contribution < 1.29 is 22.7 Å². The van der Waals surface area contributed by atoms with Crippen LogP contribution in [0, 0.1) is 6.92 Å². The first-order valence-corrected chi connectivity index (χ1v) is 8.78. The molecule has 1 heterocycles. The number of nitrogens with one attached hydrogen (secondary N) is 1. The molecule has 1 aromatic heterocycles. The van der Waals surface area contributed by atoms with E-state index in [4.69, 9.17) is 27.9 Å². The van der Waals surface area contributed by atoms with Gasteiger partial charge in [-0.2, -0.15) is 13.2 Å². The number of aromatic amines is 1. The van der Waals surface area contributed by atoms with Gasteiger partial charge < -0.3 is 9.72 Å². The Morgan fingerprint density at radius 2 is 1.81 bits per heavy atom. The molecule has 4 nitrogen and oxygen atoms in total. The number of benzene rings is 1. The number of hydrogen-bond donors (Lipinski definition) is 1. The number of carbonyl (C=O) groups excluding carboxylic acids is 1. The minimum atomic E-state index is -4.81. The molecule has 0 radical (unpaired) electrons. The Morgan fingerprint density at radius 3 is 2.31 bits per heavy atom. The van der Waals surface area contributed by atoms with Crippen molar-refractivity contribution in [1.29, 1.82) is 0 Å². The standard InChI is InChI=1S/C16H12Cl2F3NO3S/c1-3-25-15(24)10-11(26-12-8(17)5-4-6-9(12)18)7(2)13(16(19,20)21)22-14(10)23/h4-6H,3H2,1-2H3,(H,22,23). The first-order chi connectivity index (χ1) is 12.1. The lowest BCUT2D eigenvalue weighted by Gasteiger charge is -2.17. The molecular formula is C16H12Cl2F3NO3S. The number of carbonyl (C=O) groups is 1. The minimum absolute atomic E-state index is 0.0463. The van der Waals surface area contributed by atoms with E-state index in [9.17, 15) is 22.8 Å². The lowest BCUT2D eigenvalue weighted by molar-refractivity contribution is -0.142. The molecule has 140 valence electrons. The van der Waals surface area contributed by atoms with Gasteiger partial charge in [-0.15, -0.1) is 0 Å². The molecular weight excluding hydrogens is 414 g/mol. The Hall–Kier alpha value is -1.64. The quantitative estimate of drug-likeness (QED) is 0.671. The van der Waals surface area contributed by atoms with Crippen LogP contribution in [0.4, 0.5) is 13.2 Å². The van der Waals surface area contributed by atoms with Gasteiger partial charge in [0.2, 0.25) is 0 Å². The van der Waals surface area contributed by atoms with Crippen LogP contribution in [0.25, 0.3) is 0 Å². The van der Waals surface area contributed by atoms with Crippen molar-refractivity contribution in [1.82, 2.24) is 4.98 Å². The summed E-state index contributed by atoms with van der Waals surface area (Å²) < 4.78 is 44.5. The van der Waals surface area contributed by atoms with Crippen LogP contribution in [0.15, 0.2) is 32.8 Å². The second-order valence-corrected chi connectivity index (χ2v) is 6.86. The highest BCUT2D eigenvalue weighted by molar-refractivity contribution is 7.99. The summed E-state index contributed by atoms with van der Waals surface area (Å²) in [5.74, 6) is -1.03. The van der Waals surface area contributed by atoms with Crippen LogP contribution in [-0.2, 0) is 10.9 Å². The molecule has 0 spiro atoms. The smallest absolute Gasteiger partial charge is 0.431 e. The Kier molecular flexibility index (Phi) is 6.31. The van der Waals surface area contributed by atoms with Crippen molar-refractivity contribution in [2.45, 2.75) is 29.8 Å². The van der Waals surface area contributed by atoms with Crippen LogP contribution < -0.4 is 5.56 Å². The van der Waals surface area contributed by atoms with Gasteiger partial charge in [0.1, 0.15) is 11.3 Å². The maximum atomic E-state index is 13.2. The van der Waals surface area contributed by atoms with Crippen LogP contribution in [0.3, 0.4) is 0 Å². The van der Waals surface area contributed by atoms with Crippen molar-refractivity contribution in [2.24, 2.45) is 0 Å². The Labute approximate surface area is 160 Å². The number of pyridine rings is 1. The molecule has 1 aromatic carbocycles. The molecule has 2 aromatic rings. The number of halogens is 5. The number of aromatic nitrogens is 1. The van der Waals surface area contributed by atoms with Gasteiger partial charge >= 0.3 is 12.1 Å². The van der Waals surface area contributed by atoms with E-state index in [2.05, 4.69) is 0 Å². The van der Waals surface area contributed by atoms with Gasteiger partial charge in [-0.25, -0.2) is 4.79 Å². The predicted octanol–water partition coefficient (Wildman–Crippen LogP) is 5.34. The molecule has 0 saturated heterocycles. The predicted molar refractivity (Wildman–Crippen MR) is 93.3 cm³/mol. The minimum Gasteiger partial charge on any atom is -0.462 e. The van der Waals surface area contributed by atoms with E-state index < -0.39 is 29.0 Å². The highest BCUT2D eigenvalue weighted by Crippen LogP contribution is 2.43. The lowest BCUT2D eigenvalue weighted by Crippen LogP contribution is -2.26. The maximum absolute atomic E-state index is 13.2. The molecule has 26 heavy (non-hydrogen) atoms. The number of H-pyrrole nitrogens is 1. The van der Waals surface area contributed by atoms with Crippen LogP contribution in [0.2, 0.25) is 10.0 Å². The number of hydrogen-bond acceptors (Lipinski definition) is 4. The van der Waals surface area contributed by atoms with E-state index in [1.165, 1.54) is 19.1 Å². The zero-order valence-corrected chi connectivity index (χ0v) is 15.8. The van der Waals surface area contributed by atoms with Crippen molar-refractivity contribution in [3.05, 3.63) is 55.4 Å². The number of rotatable bonds is 4. The van der Waals surface area contributed by atoms with Crippen LogP contribution in [0.1, 0.15) is 28.5 Å². The van der Waals surface area contributed by atoms with Gasteiger partial charge in [-0.1, -0.05) is 41.0 Å². The summed E-state index contributed by atoms with van der Waals surface area (Å²) >= 11 is 12.8. The van der Waals surface area contributed by atoms with Crippen molar-refractivity contribution >= 4 is 40.9 Å². The molecule has 0 amide bonds. The molecule has 0 aliphatic heterocycles. The second kappa shape index (κ2) is 7.94. The third kappa shape index (κ3) is 4.19. The van der Waals surface area contributed by atoms with Crippen molar-refractivity contribution in [2.75, 3.05) is 6.61 Å². The van der Waals surface area contributed by atoms with Gasteiger partial charge in [0, 0.05) is 9.79 Å². The summed E-state index contributed by atoms with van der Waals surface area (Å²) in [6.07, 6.45) is -4.81. The van der Waals surface area contributed by atoms with Gasteiger partial charge in [0.15, 0.2) is 0 Å². The third-order valence-corrected chi connectivity index (χ3v) is 5.51. The fraction of sp³-hybridized carbons (Fsp3) is 0.250. The Morgan fingerprint density at radius 1 is 1.23 bits per heavy atom. The molecule has 10 heteroatoms. The van der Waals surface area contributed by atoms with Gasteiger partial charge in [-0.3, -0.25) is 4.79 Å². The topological polar surface area (TPSA) is 59.2 Å². The third-order valence-electron chi connectivity index (χ3n) is 3.29. The molecule has 0 bridgehead atoms. The molecule has 0 fully saturated rings. The van der Waals surface area contributed by atoms with Crippen LogP contribution in [0.5, 0.6) is 0 Å². The van der Waals surface area contributed by atoms with E-state index in [1.807, 2.05) is 0 Å². The summed E-state index contributed by atoms with van der Waals surface area (Å²) in [4.78, 5) is 26.1. The van der Waals surface area contributed by atoms with E-state index >= 15 is 0 Å². The SMILES string of the molecule is CCOC(=O)c1c(Sc2c(Cl)cccc2Cl)c(C)c(C(F)(F)F)[nH]c1=O. The lowest BCUT2D eigenvalue weighted by atomic mass is 10.1. The largest absolute Gasteiger partial charge is 0.462 e. The normalized spacial score (nSPS) is 11.5.